The molecule has 6 nitrogen and oxygen atoms in total. The van der Waals surface area contributed by atoms with E-state index in [1.165, 1.54) is 12.1 Å². The average molecular weight is 307 g/mol. The van der Waals surface area contributed by atoms with E-state index in [2.05, 4.69) is 10.2 Å². The largest absolute Gasteiger partial charge is 0.493 e. The Morgan fingerprint density at radius 2 is 2.05 bits per heavy atom. The van der Waals surface area contributed by atoms with Crippen molar-refractivity contribution in [2.45, 2.75) is 18.5 Å². The third-order valence-electron chi connectivity index (χ3n) is 2.93. The van der Waals surface area contributed by atoms with Crippen LogP contribution in [0, 0.1) is 0 Å². The highest BCUT2D eigenvalue weighted by Gasteiger charge is 2.07. The van der Waals surface area contributed by atoms with Crippen molar-refractivity contribution in [1.29, 1.82) is 0 Å². The van der Waals surface area contributed by atoms with Gasteiger partial charge in [-0.2, -0.15) is 0 Å². The van der Waals surface area contributed by atoms with Gasteiger partial charge in [-0.1, -0.05) is 18.7 Å². The first-order chi connectivity index (χ1) is 10.1. The van der Waals surface area contributed by atoms with E-state index in [0.29, 0.717) is 12.4 Å². The number of benzene rings is 1. The van der Waals surface area contributed by atoms with Crippen LogP contribution in [-0.2, 0) is 13.5 Å². The molecule has 0 aliphatic rings. The van der Waals surface area contributed by atoms with Crippen LogP contribution in [0.5, 0.6) is 5.75 Å². The predicted octanol–water partition coefficient (Wildman–Crippen LogP) is 2.25. The molecule has 1 N–H and O–H groups in total. The molecule has 112 valence electrons. The molecular weight excluding hydrogens is 290 g/mol. The number of aromatic nitrogens is 3. The number of ether oxygens (including phenoxy) is 1. The maximum absolute atomic E-state index is 10.7. The van der Waals surface area contributed by atoms with Crippen LogP contribution in [0.15, 0.2) is 29.4 Å². The predicted molar refractivity (Wildman–Crippen MR) is 80.0 cm³/mol. The van der Waals surface area contributed by atoms with E-state index in [9.17, 15) is 4.79 Å². The second kappa shape index (κ2) is 7.12. The first-order valence-corrected chi connectivity index (χ1v) is 7.57. The smallest absolute Gasteiger partial charge is 0.335 e. The Morgan fingerprint density at radius 3 is 2.62 bits per heavy atom. The van der Waals surface area contributed by atoms with Gasteiger partial charge in [0.25, 0.3) is 0 Å². The van der Waals surface area contributed by atoms with Crippen LogP contribution in [0.1, 0.15) is 23.1 Å². The molecular formula is C14H17N3O3S. The Kier molecular flexibility index (Phi) is 5.21. The van der Waals surface area contributed by atoms with Crippen LogP contribution in [0.2, 0.25) is 0 Å². The Labute approximate surface area is 127 Å². The van der Waals surface area contributed by atoms with Crippen molar-refractivity contribution in [2.75, 3.05) is 12.4 Å². The van der Waals surface area contributed by atoms with Gasteiger partial charge < -0.3 is 14.4 Å². The molecule has 0 aliphatic carbocycles. The monoisotopic (exact) mass is 307 g/mol. The minimum atomic E-state index is -0.939. The number of aromatic carboxylic acids is 1. The van der Waals surface area contributed by atoms with Crippen LogP contribution >= 0.6 is 11.8 Å². The highest BCUT2D eigenvalue weighted by atomic mass is 32.2. The minimum Gasteiger partial charge on any atom is -0.493 e. The molecule has 0 spiro atoms. The lowest BCUT2D eigenvalue weighted by atomic mass is 10.2. The highest BCUT2D eigenvalue weighted by Crippen LogP contribution is 2.17. The third-order valence-corrected chi connectivity index (χ3v) is 3.91. The standard InChI is InChI=1S/C14H17N3O3S/c1-3-12-15-16-14(17(12)2)21-9-8-20-11-6-4-10(5-7-11)13(18)19/h4-7H,3,8-9H2,1-2H3,(H,18,19). The SMILES string of the molecule is CCc1nnc(SCCOc2ccc(C(=O)O)cc2)n1C. The Balaban J connectivity index is 1.79. The van der Waals surface area contributed by atoms with Crippen molar-refractivity contribution in [1.82, 2.24) is 14.8 Å². The lowest BCUT2D eigenvalue weighted by molar-refractivity contribution is 0.0697. The van der Waals surface area contributed by atoms with Gasteiger partial charge in [-0.05, 0) is 24.3 Å². The molecule has 0 saturated heterocycles. The molecule has 1 aromatic carbocycles. The van der Waals surface area contributed by atoms with Crippen molar-refractivity contribution in [3.8, 4) is 5.75 Å². The number of carbonyl (C=O) groups is 1. The summed E-state index contributed by atoms with van der Waals surface area (Å²) in [6.07, 6.45) is 0.858. The lowest BCUT2D eigenvalue weighted by Gasteiger charge is -2.06. The zero-order valence-electron chi connectivity index (χ0n) is 11.9. The Morgan fingerprint density at radius 1 is 1.33 bits per heavy atom. The van der Waals surface area contributed by atoms with E-state index in [0.717, 1.165) is 23.2 Å². The molecule has 1 heterocycles. The van der Waals surface area contributed by atoms with Gasteiger partial charge in [0, 0.05) is 19.2 Å². The molecule has 21 heavy (non-hydrogen) atoms. The maximum Gasteiger partial charge on any atom is 0.335 e. The van der Waals surface area contributed by atoms with Gasteiger partial charge in [-0.3, -0.25) is 0 Å². The first kappa shape index (κ1) is 15.4. The summed E-state index contributed by atoms with van der Waals surface area (Å²) in [6.45, 7) is 2.56. The Bertz CT molecular complexity index is 610. The van der Waals surface area contributed by atoms with Gasteiger partial charge in [-0.15, -0.1) is 10.2 Å². The molecule has 0 atom stereocenters. The van der Waals surface area contributed by atoms with Gasteiger partial charge in [0.05, 0.1) is 12.2 Å². The molecule has 0 fully saturated rings. The first-order valence-electron chi connectivity index (χ1n) is 6.59. The van der Waals surface area contributed by atoms with E-state index in [4.69, 9.17) is 9.84 Å². The van der Waals surface area contributed by atoms with Crippen molar-refractivity contribution < 1.29 is 14.6 Å². The van der Waals surface area contributed by atoms with Gasteiger partial charge >= 0.3 is 5.97 Å². The molecule has 0 radical (unpaired) electrons. The number of carboxylic acid groups (broad SMARTS) is 1. The molecule has 0 bridgehead atoms. The maximum atomic E-state index is 10.7. The molecule has 7 heteroatoms. The fourth-order valence-electron chi connectivity index (χ4n) is 1.76. The van der Waals surface area contributed by atoms with Crippen LogP contribution in [0.4, 0.5) is 0 Å². The minimum absolute atomic E-state index is 0.253. The zero-order valence-corrected chi connectivity index (χ0v) is 12.8. The van der Waals surface area contributed by atoms with Gasteiger partial charge in [0.2, 0.25) is 0 Å². The number of hydrogen-bond acceptors (Lipinski definition) is 5. The van der Waals surface area contributed by atoms with Crippen LogP contribution in [0.25, 0.3) is 0 Å². The lowest BCUT2D eigenvalue weighted by Crippen LogP contribution is -2.03. The molecule has 2 aromatic rings. The number of aryl methyl sites for hydroxylation is 1. The third kappa shape index (κ3) is 3.98. The fourth-order valence-corrected chi connectivity index (χ4v) is 2.51. The van der Waals surface area contributed by atoms with Crippen LogP contribution in [0.3, 0.4) is 0 Å². The van der Waals surface area contributed by atoms with Crippen LogP contribution < -0.4 is 4.74 Å². The molecule has 0 saturated carbocycles. The van der Waals surface area contributed by atoms with E-state index in [-0.39, 0.29) is 5.56 Å². The second-order valence-corrected chi connectivity index (χ2v) is 5.40. The molecule has 2 rings (SSSR count). The summed E-state index contributed by atoms with van der Waals surface area (Å²) < 4.78 is 7.54. The topological polar surface area (TPSA) is 77.2 Å². The number of thioether (sulfide) groups is 1. The van der Waals surface area contributed by atoms with Crippen molar-refractivity contribution in [3.63, 3.8) is 0 Å². The zero-order chi connectivity index (χ0) is 15.2. The Hall–Kier alpha value is -2.02. The summed E-state index contributed by atoms with van der Waals surface area (Å²) in [4.78, 5) is 10.7. The summed E-state index contributed by atoms with van der Waals surface area (Å²) in [5, 5.41) is 17.9. The van der Waals surface area contributed by atoms with Gasteiger partial charge in [-0.25, -0.2) is 4.79 Å². The molecule has 0 amide bonds. The molecule has 0 unspecified atom stereocenters. The van der Waals surface area contributed by atoms with E-state index in [1.807, 2.05) is 18.5 Å². The number of rotatable bonds is 7. The van der Waals surface area contributed by atoms with Crippen molar-refractivity contribution >= 4 is 17.7 Å². The summed E-state index contributed by atoms with van der Waals surface area (Å²) in [7, 11) is 1.95. The number of carboxylic acids is 1. The summed E-state index contributed by atoms with van der Waals surface area (Å²) >= 11 is 1.58. The quantitative estimate of drug-likeness (QED) is 0.624. The number of hydrogen-bond donors (Lipinski definition) is 1. The van der Waals surface area contributed by atoms with Crippen molar-refractivity contribution in [3.05, 3.63) is 35.7 Å². The van der Waals surface area contributed by atoms with E-state index in [1.54, 1.807) is 23.9 Å². The highest BCUT2D eigenvalue weighted by molar-refractivity contribution is 7.99. The number of nitrogens with zero attached hydrogens (tertiary/aromatic N) is 3. The normalized spacial score (nSPS) is 10.6. The summed E-state index contributed by atoms with van der Waals surface area (Å²) in [5.41, 5.74) is 0.253. The average Bonchev–Trinajstić information content (AvgIpc) is 2.84. The van der Waals surface area contributed by atoms with Crippen molar-refractivity contribution in [2.24, 2.45) is 7.05 Å². The van der Waals surface area contributed by atoms with E-state index >= 15 is 0 Å². The summed E-state index contributed by atoms with van der Waals surface area (Å²) in [6, 6.07) is 6.37. The van der Waals surface area contributed by atoms with E-state index < -0.39 is 5.97 Å². The second-order valence-electron chi connectivity index (χ2n) is 4.34. The fraction of sp³-hybridized carbons (Fsp3) is 0.357. The van der Waals surface area contributed by atoms with Gasteiger partial charge in [0.1, 0.15) is 11.6 Å². The molecule has 0 aliphatic heterocycles. The van der Waals surface area contributed by atoms with Gasteiger partial charge in [0.15, 0.2) is 5.16 Å². The van der Waals surface area contributed by atoms with Crippen LogP contribution in [-0.4, -0.2) is 38.2 Å². The molecule has 1 aromatic heterocycles. The summed E-state index contributed by atoms with van der Waals surface area (Å²) in [5.74, 6) is 1.43.